The number of benzene rings is 1. The van der Waals surface area contributed by atoms with Crippen LogP contribution in [0.25, 0.3) is 0 Å². The van der Waals surface area contributed by atoms with E-state index in [4.69, 9.17) is 9.47 Å². The van der Waals surface area contributed by atoms with Crippen molar-refractivity contribution in [3.8, 4) is 0 Å². The van der Waals surface area contributed by atoms with E-state index < -0.39 is 5.41 Å². The van der Waals surface area contributed by atoms with Crippen LogP contribution in [0, 0.1) is 5.41 Å². The fourth-order valence-electron chi connectivity index (χ4n) is 3.07. The minimum absolute atomic E-state index is 0.0322. The molecule has 0 unspecified atom stereocenters. The molecular weight excluding hydrogens is 332 g/mol. The van der Waals surface area contributed by atoms with E-state index >= 15 is 0 Å². The van der Waals surface area contributed by atoms with Gasteiger partial charge in [0.25, 0.3) is 0 Å². The number of carbonyl (C=O) groups excluding carboxylic acids is 1. The van der Waals surface area contributed by atoms with Crippen LogP contribution in [-0.2, 0) is 19.9 Å². The molecule has 2 rings (SSSR count). The molecule has 3 nitrogen and oxygen atoms in total. The molecule has 0 atom stereocenters. The van der Waals surface area contributed by atoms with Crippen molar-refractivity contribution in [2.45, 2.75) is 89.4 Å². The lowest BCUT2D eigenvalue weighted by atomic mass is 9.89. The Morgan fingerprint density at radius 2 is 1.56 bits per heavy atom. The second-order valence-corrected chi connectivity index (χ2v) is 8.73. The van der Waals surface area contributed by atoms with Crippen LogP contribution in [0.2, 0.25) is 0 Å². The smallest absolute Gasteiger partial charge is 0.311 e. The largest absolute Gasteiger partial charge is 0.462 e. The standard InChI is InChI=1S/C21H32O3S/c1-6-20(2,3)19(22)23-16-9-11-17(12-10-16)24-21(4,5)15-7-13-18(25)14-8-15/h7-8,13-14,16-17,25H,6,9-12H2,1-5H3. The summed E-state index contributed by atoms with van der Waals surface area (Å²) in [6, 6.07) is 8.13. The number of hydrogen-bond acceptors (Lipinski definition) is 4. The zero-order valence-corrected chi connectivity index (χ0v) is 17.1. The summed E-state index contributed by atoms with van der Waals surface area (Å²) in [5, 5.41) is 0. The van der Waals surface area contributed by atoms with Gasteiger partial charge >= 0.3 is 5.97 Å². The highest BCUT2D eigenvalue weighted by molar-refractivity contribution is 7.80. The van der Waals surface area contributed by atoms with Gasteiger partial charge in [-0.2, -0.15) is 0 Å². The molecule has 1 aliphatic rings. The summed E-state index contributed by atoms with van der Waals surface area (Å²) in [6.45, 7) is 10.1. The molecule has 0 aliphatic heterocycles. The molecule has 0 spiro atoms. The first-order valence-electron chi connectivity index (χ1n) is 9.32. The van der Waals surface area contributed by atoms with Gasteiger partial charge in [-0.25, -0.2) is 0 Å². The third-order valence-corrected chi connectivity index (χ3v) is 5.65. The zero-order valence-electron chi connectivity index (χ0n) is 16.2. The van der Waals surface area contributed by atoms with Gasteiger partial charge in [0.1, 0.15) is 6.10 Å². The van der Waals surface area contributed by atoms with Crippen LogP contribution in [-0.4, -0.2) is 18.2 Å². The molecule has 0 bridgehead atoms. The van der Waals surface area contributed by atoms with Crippen LogP contribution in [0.4, 0.5) is 0 Å². The molecule has 1 fully saturated rings. The molecule has 25 heavy (non-hydrogen) atoms. The summed E-state index contributed by atoms with van der Waals surface area (Å²) in [5.41, 5.74) is 0.428. The molecule has 1 aromatic carbocycles. The molecule has 0 radical (unpaired) electrons. The van der Waals surface area contributed by atoms with E-state index in [-0.39, 0.29) is 23.8 Å². The Balaban J connectivity index is 1.86. The zero-order chi connectivity index (χ0) is 18.7. The fourth-order valence-corrected chi connectivity index (χ4v) is 3.22. The van der Waals surface area contributed by atoms with Crippen molar-refractivity contribution >= 4 is 18.6 Å². The van der Waals surface area contributed by atoms with E-state index in [0.717, 1.165) is 42.6 Å². The lowest BCUT2D eigenvalue weighted by Crippen LogP contribution is -2.36. The van der Waals surface area contributed by atoms with Gasteiger partial charge in [0.05, 0.1) is 17.1 Å². The Hall–Kier alpha value is -1.00. The Labute approximate surface area is 157 Å². The molecule has 1 saturated carbocycles. The Kier molecular flexibility index (Phi) is 6.61. The van der Waals surface area contributed by atoms with Crippen molar-refractivity contribution in [3.05, 3.63) is 29.8 Å². The van der Waals surface area contributed by atoms with Crippen LogP contribution in [0.3, 0.4) is 0 Å². The number of esters is 1. The van der Waals surface area contributed by atoms with E-state index in [1.807, 2.05) is 32.9 Å². The quantitative estimate of drug-likeness (QED) is 0.533. The topological polar surface area (TPSA) is 35.5 Å². The Morgan fingerprint density at radius 3 is 2.08 bits per heavy atom. The molecule has 140 valence electrons. The maximum Gasteiger partial charge on any atom is 0.311 e. The third kappa shape index (κ3) is 5.49. The predicted molar refractivity (Wildman–Crippen MR) is 104 cm³/mol. The monoisotopic (exact) mass is 364 g/mol. The number of hydrogen-bond donors (Lipinski definition) is 1. The lowest BCUT2D eigenvalue weighted by Gasteiger charge is -2.36. The maximum atomic E-state index is 12.2. The highest BCUT2D eigenvalue weighted by atomic mass is 32.1. The van der Waals surface area contributed by atoms with Gasteiger partial charge < -0.3 is 9.47 Å². The molecule has 1 aromatic rings. The van der Waals surface area contributed by atoms with Crippen molar-refractivity contribution in [2.24, 2.45) is 5.41 Å². The Morgan fingerprint density at radius 1 is 1.04 bits per heavy atom. The molecule has 1 aliphatic carbocycles. The van der Waals surface area contributed by atoms with Gasteiger partial charge in [0.15, 0.2) is 0 Å². The summed E-state index contributed by atoms with van der Waals surface area (Å²) in [4.78, 5) is 13.2. The molecule has 0 amide bonds. The number of thiol groups is 1. The minimum Gasteiger partial charge on any atom is -0.462 e. The van der Waals surface area contributed by atoms with Crippen molar-refractivity contribution in [1.82, 2.24) is 0 Å². The van der Waals surface area contributed by atoms with Crippen molar-refractivity contribution in [2.75, 3.05) is 0 Å². The average molecular weight is 365 g/mol. The SMILES string of the molecule is CCC(C)(C)C(=O)OC1CCC(OC(C)(C)c2ccc(S)cc2)CC1. The van der Waals surface area contributed by atoms with Crippen molar-refractivity contribution < 1.29 is 14.3 Å². The first-order chi connectivity index (χ1) is 11.6. The number of ether oxygens (including phenoxy) is 2. The van der Waals surface area contributed by atoms with Gasteiger partial charge in [-0.05, 0) is 77.5 Å². The van der Waals surface area contributed by atoms with Crippen LogP contribution in [0.1, 0.15) is 72.3 Å². The second-order valence-electron chi connectivity index (χ2n) is 8.22. The summed E-state index contributed by atoms with van der Waals surface area (Å²) >= 11 is 4.34. The van der Waals surface area contributed by atoms with Gasteiger partial charge in [-0.1, -0.05) is 19.1 Å². The second kappa shape index (κ2) is 8.13. The summed E-state index contributed by atoms with van der Waals surface area (Å²) in [7, 11) is 0. The highest BCUT2D eigenvalue weighted by Crippen LogP contribution is 2.33. The molecule has 4 heteroatoms. The van der Waals surface area contributed by atoms with E-state index in [1.165, 1.54) is 0 Å². The fraction of sp³-hybridized carbons (Fsp3) is 0.667. The molecule has 0 aromatic heterocycles. The minimum atomic E-state index is -0.394. The number of carbonyl (C=O) groups is 1. The first-order valence-corrected chi connectivity index (χ1v) is 9.77. The molecule has 0 saturated heterocycles. The first kappa shape index (κ1) is 20.3. The summed E-state index contributed by atoms with van der Waals surface area (Å²) in [6.07, 6.45) is 4.65. The Bertz CT molecular complexity index is 569. The van der Waals surface area contributed by atoms with E-state index in [2.05, 4.69) is 38.6 Å². The summed E-state index contributed by atoms with van der Waals surface area (Å²) in [5.74, 6) is -0.0773. The van der Waals surface area contributed by atoms with E-state index in [9.17, 15) is 4.79 Å². The van der Waals surface area contributed by atoms with Crippen molar-refractivity contribution in [3.63, 3.8) is 0 Å². The van der Waals surface area contributed by atoms with E-state index in [1.54, 1.807) is 0 Å². The average Bonchev–Trinajstić information content (AvgIpc) is 2.56. The summed E-state index contributed by atoms with van der Waals surface area (Å²) < 4.78 is 12.1. The highest BCUT2D eigenvalue weighted by Gasteiger charge is 2.33. The third-order valence-electron chi connectivity index (χ3n) is 5.36. The predicted octanol–water partition coefficient (Wildman–Crippen LogP) is 5.52. The van der Waals surface area contributed by atoms with Crippen LogP contribution >= 0.6 is 12.6 Å². The van der Waals surface area contributed by atoms with Crippen LogP contribution in [0.5, 0.6) is 0 Å². The lowest BCUT2D eigenvalue weighted by molar-refractivity contribution is -0.165. The van der Waals surface area contributed by atoms with Gasteiger partial charge in [0, 0.05) is 4.90 Å². The number of rotatable bonds is 6. The van der Waals surface area contributed by atoms with Gasteiger partial charge in [0.2, 0.25) is 0 Å². The molecule has 0 N–H and O–H groups in total. The normalized spacial score (nSPS) is 21.8. The van der Waals surface area contributed by atoms with Crippen molar-refractivity contribution in [1.29, 1.82) is 0 Å². The van der Waals surface area contributed by atoms with E-state index in [0.29, 0.717) is 0 Å². The van der Waals surface area contributed by atoms with Crippen LogP contribution in [0.15, 0.2) is 29.2 Å². The molecule has 0 heterocycles. The maximum absolute atomic E-state index is 12.2. The molecular formula is C21H32O3S. The van der Waals surface area contributed by atoms with Gasteiger partial charge in [-0.3, -0.25) is 4.79 Å². The van der Waals surface area contributed by atoms with Gasteiger partial charge in [-0.15, -0.1) is 12.6 Å². The van der Waals surface area contributed by atoms with Crippen LogP contribution < -0.4 is 0 Å².